The normalized spacial score (nSPS) is 28.8. The third kappa shape index (κ3) is 2.56. The maximum atomic E-state index is 12.1. The minimum Gasteiger partial charge on any atom is -0.481 e. The van der Waals surface area contributed by atoms with E-state index in [2.05, 4.69) is 9.80 Å². The van der Waals surface area contributed by atoms with E-state index in [1.807, 2.05) is 26.0 Å². The van der Waals surface area contributed by atoms with Gasteiger partial charge in [0.2, 0.25) is 5.95 Å². The highest BCUT2D eigenvalue weighted by Gasteiger charge is 2.57. The second kappa shape index (κ2) is 5.83. The number of rotatable bonds is 3. The first-order valence-corrected chi connectivity index (χ1v) is 9.15. The first-order valence-electron chi connectivity index (χ1n) is 9.15. The molecule has 2 saturated heterocycles. The molecule has 0 radical (unpaired) electrons. The lowest BCUT2D eigenvalue weighted by Gasteiger charge is -2.29. The molecule has 1 aliphatic carbocycles. The van der Waals surface area contributed by atoms with Gasteiger partial charge in [0.1, 0.15) is 11.2 Å². The van der Waals surface area contributed by atoms with E-state index in [9.17, 15) is 9.90 Å². The molecule has 2 atom stereocenters. The molecule has 7 heteroatoms. The quantitative estimate of drug-likeness (QED) is 0.871. The molecule has 25 heavy (non-hydrogen) atoms. The number of nitrogens with zero attached hydrogens (tertiary/aromatic N) is 5. The van der Waals surface area contributed by atoms with Gasteiger partial charge in [-0.05, 0) is 32.7 Å². The zero-order chi connectivity index (χ0) is 17.8. The van der Waals surface area contributed by atoms with Gasteiger partial charge in [0.05, 0.1) is 5.69 Å². The standard InChI is InChI=1S/C18H27N5O2/c1-21(2)17-19-14-7-5-4-6-13(14)15(20-17)23-9-12-8-22(3)10-18(12,11-23)16(24)25/h12H,4-11H2,1-3H3,(H,24,25)/t12-,18-/m0/s1. The van der Waals surface area contributed by atoms with Crippen LogP contribution < -0.4 is 9.80 Å². The molecule has 0 spiro atoms. The van der Waals surface area contributed by atoms with E-state index in [4.69, 9.17) is 9.97 Å². The largest absolute Gasteiger partial charge is 0.481 e. The SMILES string of the molecule is CN1C[C@H]2CN(c3nc(N(C)C)nc4c3CCCC4)C[C@@]2(C(=O)O)C1. The Morgan fingerprint density at radius 3 is 2.64 bits per heavy atom. The van der Waals surface area contributed by atoms with E-state index in [0.717, 1.165) is 49.8 Å². The lowest BCUT2D eigenvalue weighted by Crippen LogP contribution is -2.40. The van der Waals surface area contributed by atoms with Crippen LogP contribution in [0.1, 0.15) is 24.1 Å². The summed E-state index contributed by atoms with van der Waals surface area (Å²) in [6.45, 7) is 2.79. The van der Waals surface area contributed by atoms with Crippen LogP contribution in [-0.2, 0) is 17.6 Å². The van der Waals surface area contributed by atoms with Crippen LogP contribution in [0.5, 0.6) is 0 Å². The summed E-state index contributed by atoms with van der Waals surface area (Å²) in [4.78, 5) is 28.0. The highest BCUT2D eigenvalue weighted by Crippen LogP contribution is 2.44. The maximum absolute atomic E-state index is 12.1. The molecule has 0 saturated carbocycles. The van der Waals surface area contributed by atoms with Gasteiger partial charge >= 0.3 is 5.97 Å². The van der Waals surface area contributed by atoms with Crippen LogP contribution in [0.3, 0.4) is 0 Å². The highest BCUT2D eigenvalue weighted by atomic mass is 16.4. The first-order chi connectivity index (χ1) is 11.9. The summed E-state index contributed by atoms with van der Waals surface area (Å²) in [6.07, 6.45) is 4.33. The number of hydrogen-bond acceptors (Lipinski definition) is 6. The number of fused-ring (bicyclic) bond motifs is 2. The number of carbonyl (C=O) groups is 1. The fourth-order valence-electron chi connectivity index (χ4n) is 4.80. The lowest BCUT2D eigenvalue weighted by molar-refractivity contribution is -0.148. The van der Waals surface area contributed by atoms with Crippen molar-refractivity contribution < 1.29 is 9.90 Å². The molecule has 1 N–H and O–H groups in total. The van der Waals surface area contributed by atoms with Gasteiger partial charge in [-0.1, -0.05) is 0 Å². The van der Waals surface area contributed by atoms with Gasteiger partial charge < -0.3 is 19.8 Å². The number of carboxylic acid groups (broad SMARTS) is 1. The molecule has 2 aliphatic heterocycles. The Balaban J connectivity index is 1.73. The van der Waals surface area contributed by atoms with E-state index in [1.165, 1.54) is 12.0 Å². The van der Waals surface area contributed by atoms with E-state index in [1.54, 1.807) is 0 Å². The molecule has 0 bridgehead atoms. The Bertz CT molecular complexity index is 707. The van der Waals surface area contributed by atoms with Crippen molar-refractivity contribution in [2.45, 2.75) is 25.7 Å². The van der Waals surface area contributed by atoms with Crippen molar-refractivity contribution in [2.24, 2.45) is 11.3 Å². The van der Waals surface area contributed by atoms with E-state index in [-0.39, 0.29) is 5.92 Å². The number of aromatic nitrogens is 2. The Morgan fingerprint density at radius 2 is 1.96 bits per heavy atom. The van der Waals surface area contributed by atoms with Crippen molar-refractivity contribution >= 4 is 17.7 Å². The number of hydrogen-bond donors (Lipinski definition) is 1. The molecule has 1 aromatic heterocycles. The monoisotopic (exact) mass is 345 g/mol. The molecule has 0 aromatic carbocycles. The van der Waals surface area contributed by atoms with Crippen LogP contribution in [0.4, 0.5) is 11.8 Å². The van der Waals surface area contributed by atoms with Crippen molar-refractivity contribution in [3.05, 3.63) is 11.3 Å². The van der Waals surface area contributed by atoms with Gasteiger partial charge in [-0.15, -0.1) is 0 Å². The molecule has 136 valence electrons. The third-order valence-electron chi connectivity index (χ3n) is 6.05. The second-order valence-corrected chi connectivity index (χ2v) is 8.11. The lowest BCUT2D eigenvalue weighted by atomic mass is 9.81. The molecular formula is C18H27N5O2. The summed E-state index contributed by atoms with van der Waals surface area (Å²) < 4.78 is 0. The number of likely N-dealkylation sites (tertiary alicyclic amines) is 1. The van der Waals surface area contributed by atoms with Crippen LogP contribution in [0, 0.1) is 11.3 Å². The van der Waals surface area contributed by atoms with Crippen molar-refractivity contribution in [3.8, 4) is 0 Å². The predicted octanol–water partition coefficient (Wildman–Crippen LogP) is 0.874. The summed E-state index contributed by atoms with van der Waals surface area (Å²) in [6, 6.07) is 0. The number of aliphatic carboxylic acids is 1. The molecule has 4 rings (SSSR count). The van der Waals surface area contributed by atoms with Crippen LogP contribution in [0.2, 0.25) is 0 Å². The van der Waals surface area contributed by atoms with Crippen molar-refractivity contribution in [2.75, 3.05) is 57.1 Å². The molecule has 7 nitrogen and oxygen atoms in total. The first kappa shape index (κ1) is 16.6. The summed E-state index contributed by atoms with van der Waals surface area (Å²) in [7, 11) is 5.94. The zero-order valence-corrected chi connectivity index (χ0v) is 15.3. The number of carboxylic acids is 1. The molecular weight excluding hydrogens is 318 g/mol. The Labute approximate surface area is 148 Å². The summed E-state index contributed by atoms with van der Waals surface area (Å²) in [5, 5.41) is 9.94. The maximum Gasteiger partial charge on any atom is 0.313 e. The number of anilines is 2. The third-order valence-corrected chi connectivity index (χ3v) is 6.05. The van der Waals surface area contributed by atoms with Crippen molar-refractivity contribution in [1.29, 1.82) is 0 Å². The van der Waals surface area contributed by atoms with Gasteiger partial charge in [0.15, 0.2) is 0 Å². The highest BCUT2D eigenvalue weighted by molar-refractivity contribution is 5.78. The van der Waals surface area contributed by atoms with Gasteiger partial charge in [-0.2, -0.15) is 4.98 Å². The summed E-state index contributed by atoms with van der Waals surface area (Å²) >= 11 is 0. The Hall–Kier alpha value is -1.89. The topological polar surface area (TPSA) is 72.8 Å². The van der Waals surface area contributed by atoms with Crippen LogP contribution in [-0.4, -0.2) is 73.3 Å². The van der Waals surface area contributed by atoms with Crippen LogP contribution in [0.15, 0.2) is 0 Å². The van der Waals surface area contributed by atoms with E-state index in [0.29, 0.717) is 13.1 Å². The van der Waals surface area contributed by atoms with Crippen molar-refractivity contribution in [3.63, 3.8) is 0 Å². The molecule has 3 heterocycles. The van der Waals surface area contributed by atoms with Gasteiger partial charge in [-0.25, -0.2) is 4.98 Å². The zero-order valence-electron chi connectivity index (χ0n) is 15.3. The summed E-state index contributed by atoms with van der Waals surface area (Å²) in [5.74, 6) is 1.20. The average molecular weight is 345 g/mol. The molecule has 0 amide bonds. The molecule has 3 aliphatic rings. The van der Waals surface area contributed by atoms with Crippen LogP contribution >= 0.6 is 0 Å². The summed E-state index contributed by atoms with van der Waals surface area (Å²) in [5.41, 5.74) is 1.73. The Morgan fingerprint density at radius 1 is 1.20 bits per heavy atom. The van der Waals surface area contributed by atoms with E-state index < -0.39 is 11.4 Å². The minimum absolute atomic E-state index is 0.159. The second-order valence-electron chi connectivity index (χ2n) is 8.11. The van der Waals surface area contributed by atoms with Crippen molar-refractivity contribution in [1.82, 2.24) is 14.9 Å². The van der Waals surface area contributed by atoms with Gasteiger partial charge in [0.25, 0.3) is 0 Å². The predicted molar refractivity (Wildman–Crippen MR) is 96.3 cm³/mol. The van der Waals surface area contributed by atoms with Crippen LogP contribution in [0.25, 0.3) is 0 Å². The molecule has 1 aromatic rings. The number of aryl methyl sites for hydroxylation is 1. The molecule has 0 unspecified atom stereocenters. The Kier molecular flexibility index (Phi) is 3.86. The fraction of sp³-hybridized carbons (Fsp3) is 0.722. The van der Waals surface area contributed by atoms with Gasteiger partial charge in [0, 0.05) is 51.8 Å². The van der Waals surface area contributed by atoms with Gasteiger partial charge in [-0.3, -0.25) is 4.79 Å². The average Bonchev–Trinajstić information content (AvgIpc) is 3.07. The van der Waals surface area contributed by atoms with E-state index >= 15 is 0 Å². The minimum atomic E-state index is -0.667. The fourth-order valence-corrected chi connectivity index (χ4v) is 4.80. The smallest absolute Gasteiger partial charge is 0.313 e. The molecule has 2 fully saturated rings.